The second-order valence-electron chi connectivity index (χ2n) is 2.82. The van der Waals surface area contributed by atoms with Crippen molar-refractivity contribution in [2.45, 2.75) is 11.3 Å². The molecule has 0 saturated carbocycles. The predicted molar refractivity (Wildman–Crippen MR) is 64.0 cm³/mol. The van der Waals surface area contributed by atoms with Crippen LogP contribution in [0.25, 0.3) is 10.4 Å². The maximum absolute atomic E-state index is 11.7. The van der Waals surface area contributed by atoms with Crippen LogP contribution in [-0.2, 0) is 10.8 Å². The van der Waals surface area contributed by atoms with Gasteiger partial charge in [0.1, 0.15) is 0 Å². The van der Waals surface area contributed by atoms with E-state index in [9.17, 15) is 4.21 Å². The quantitative estimate of drug-likeness (QED) is 0.355. The Bertz CT molecular complexity index is 404. The van der Waals surface area contributed by atoms with Crippen LogP contribution >= 0.6 is 15.9 Å². The Morgan fingerprint density at radius 3 is 3.00 bits per heavy atom. The summed E-state index contributed by atoms with van der Waals surface area (Å²) in [6.45, 7) is 0.399. The summed E-state index contributed by atoms with van der Waals surface area (Å²) in [5.41, 5.74) is 8.06. The summed E-state index contributed by atoms with van der Waals surface area (Å²) in [7, 11) is -1.01. The van der Waals surface area contributed by atoms with E-state index < -0.39 is 10.8 Å². The van der Waals surface area contributed by atoms with Crippen LogP contribution < -0.4 is 0 Å². The zero-order chi connectivity index (χ0) is 11.1. The molecule has 6 heteroatoms. The molecule has 1 rings (SSSR count). The molecule has 1 aromatic rings. The van der Waals surface area contributed by atoms with Crippen molar-refractivity contribution in [2.75, 3.05) is 12.3 Å². The molecule has 0 aromatic heterocycles. The van der Waals surface area contributed by atoms with Gasteiger partial charge in [-0.05, 0) is 30.2 Å². The van der Waals surface area contributed by atoms with Gasteiger partial charge < -0.3 is 0 Å². The molecule has 0 aliphatic carbocycles. The lowest BCUT2D eigenvalue weighted by atomic mass is 10.4. The minimum atomic E-state index is -1.01. The summed E-state index contributed by atoms with van der Waals surface area (Å²) in [6, 6.07) is 7.41. The average Bonchev–Trinajstić information content (AvgIpc) is 2.24. The number of hydrogen-bond donors (Lipinski definition) is 0. The maximum Gasteiger partial charge on any atom is 0.0529 e. The second-order valence-corrected chi connectivity index (χ2v) is 5.30. The van der Waals surface area contributed by atoms with E-state index in [1.54, 1.807) is 0 Å². The summed E-state index contributed by atoms with van der Waals surface area (Å²) < 4.78 is 12.6. The SMILES string of the molecule is [N-]=[N+]=NCCCS(=O)c1cccc(Br)c1. The van der Waals surface area contributed by atoms with Gasteiger partial charge in [-0.1, -0.05) is 27.1 Å². The number of azide groups is 1. The van der Waals surface area contributed by atoms with E-state index in [4.69, 9.17) is 5.53 Å². The molecule has 0 radical (unpaired) electrons. The van der Waals surface area contributed by atoms with Gasteiger partial charge in [-0.3, -0.25) is 4.21 Å². The van der Waals surface area contributed by atoms with Gasteiger partial charge >= 0.3 is 0 Å². The largest absolute Gasteiger partial charge is 0.254 e. The molecule has 80 valence electrons. The van der Waals surface area contributed by atoms with Gasteiger partial charge in [-0.15, -0.1) is 0 Å². The van der Waals surface area contributed by atoms with Gasteiger partial charge in [0.15, 0.2) is 0 Å². The Morgan fingerprint density at radius 1 is 1.53 bits per heavy atom. The summed E-state index contributed by atoms with van der Waals surface area (Å²) in [6.07, 6.45) is 0.642. The molecule has 1 aromatic carbocycles. The molecule has 0 bridgehead atoms. The lowest BCUT2D eigenvalue weighted by molar-refractivity contribution is 0.680. The highest BCUT2D eigenvalue weighted by Crippen LogP contribution is 2.15. The summed E-state index contributed by atoms with van der Waals surface area (Å²) in [4.78, 5) is 3.43. The molecule has 0 saturated heterocycles. The Kier molecular flexibility index (Phi) is 5.39. The molecule has 0 amide bonds. The third-order valence-corrected chi connectivity index (χ3v) is 3.64. The molecule has 0 heterocycles. The molecule has 0 N–H and O–H groups in total. The van der Waals surface area contributed by atoms with Crippen LogP contribution in [0.5, 0.6) is 0 Å². The van der Waals surface area contributed by atoms with Crippen molar-refractivity contribution in [1.82, 2.24) is 0 Å². The highest BCUT2D eigenvalue weighted by molar-refractivity contribution is 9.10. The van der Waals surface area contributed by atoms with E-state index >= 15 is 0 Å². The fourth-order valence-corrected chi connectivity index (χ4v) is 2.70. The van der Waals surface area contributed by atoms with Gasteiger partial charge in [-0.25, -0.2) is 0 Å². The number of hydrogen-bond acceptors (Lipinski definition) is 2. The maximum atomic E-state index is 11.7. The molecule has 15 heavy (non-hydrogen) atoms. The summed E-state index contributed by atoms with van der Waals surface area (Å²) in [5.74, 6) is 0.523. The topological polar surface area (TPSA) is 65.8 Å². The first-order chi connectivity index (χ1) is 7.24. The van der Waals surface area contributed by atoms with Crippen molar-refractivity contribution >= 4 is 26.7 Å². The monoisotopic (exact) mass is 287 g/mol. The molecule has 1 atom stereocenters. The fraction of sp³-hybridized carbons (Fsp3) is 0.333. The third-order valence-electron chi connectivity index (χ3n) is 1.71. The van der Waals surface area contributed by atoms with Crippen molar-refractivity contribution in [1.29, 1.82) is 0 Å². The molecule has 4 nitrogen and oxygen atoms in total. The van der Waals surface area contributed by atoms with Crippen LogP contribution in [0.4, 0.5) is 0 Å². The third kappa shape index (κ3) is 4.46. The first kappa shape index (κ1) is 12.2. The second kappa shape index (κ2) is 6.61. The Morgan fingerprint density at radius 2 is 2.33 bits per heavy atom. The van der Waals surface area contributed by atoms with Gasteiger partial charge in [0.05, 0.1) is 10.8 Å². The van der Waals surface area contributed by atoms with E-state index in [2.05, 4.69) is 26.0 Å². The number of rotatable bonds is 5. The molecule has 0 aliphatic heterocycles. The van der Waals surface area contributed by atoms with Crippen molar-refractivity contribution < 1.29 is 4.21 Å². The van der Waals surface area contributed by atoms with E-state index in [0.29, 0.717) is 18.7 Å². The Labute approximate surface area is 98.9 Å². The molecule has 0 aliphatic rings. The van der Waals surface area contributed by atoms with Crippen LogP contribution in [0.3, 0.4) is 0 Å². The van der Waals surface area contributed by atoms with Gasteiger partial charge in [0.25, 0.3) is 0 Å². The smallest absolute Gasteiger partial charge is 0.0529 e. The van der Waals surface area contributed by atoms with Gasteiger partial charge in [0.2, 0.25) is 0 Å². The zero-order valence-corrected chi connectivity index (χ0v) is 10.4. The lowest BCUT2D eigenvalue weighted by Gasteiger charge is -2.01. The fourth-order valence-electron chi connectivity index (χ4n) is 1.04. The number of halogens is 1. The zero-order valence-electron chi connectivity index (χ0n) is 7.97. The van der Waals surface area contributed by atoms with Crippen molar-refractivity contribution in [3.8, 4) is 0 Å². The van der Waals surface area contributed by atoms with E-state index in [1.807, 2.05) is 24.3 Å². The first-order valence-electron chi connectivity index (χ1n) is 4.39. The van der Waals surface area contributed by atoms with Crippen LogP contribution in [0.2, 0.25) is 0 Å². The lowest BCUT2D eigenvalue weighted by Crippen LogP contribution is -1.99. The van der Waals surface area contributed by atoms with E-state index in [-0.39, 0.29) is 0 Å². The van der Waals surface area contributed by atoms with Crippen molar-refractivity contribution in [3.05, 3.63) is 39.2 Å². The van der Waals surface area contributed by atoms with Crippen LogP contribution in [0, 0.1) is 0 Å². The highest BCUT2D eigenvalue weighted by atomic mass is 79.9. The molecule has 0 fully saturated rings. The normalized spacial score (nSPS) is 11.8. The average molecular weight is 288 g/mol. The standard InChI is InChI=1S/C9H10BrN3OS/c10-8-3-1-4-9(7-8)15(14)6-2-5-12-13-11/h1,3-4,7H,2,5-6H2. The van der Waals surface area contributed by atoms with Crippen LogP contribution in [0.15, 0.2) is 38.7 Å². The number of nitrogens with zero attached hydrogens (tertiary/aromatic N) is 3. The molecule has 1 unspecified atom stereocenters. The van der Waals surface area contributed by atoms with Gasteiger partial charge in [-0.2, -0.15) is 0 Å². The predicted octanol–water partition coefficient (Wildman–Crippen LogP) is 3.26. The summed E-state index contributed by atoms with van der Waals surface area (Å²) >= 11 is 3.32. The van der Waals surface area contributed by atoms with Gasteiger partial charge in [0, 0.05) is 26.6 Å². The minimum absolute atomic E-state index is 0.399. The Hall–Kier alpha value is -0.840. The summed E-state index contributed by atoms with van der Waals surface area (Å²) in [5, 5.41) is 3.39. The molecular formula is C9H10BrN3OS. The van der Waals surface area contributed by atoms with Crippen molar-refractivity contribution in [2.24, 2.45) is 5.11 Å². The van der Waals surface area contributed by atoms with Crippen LogP contribution in [-0.4, -0.2) is 16.5 Å². The number of benzene rings is 1. The van der Waals surface area contributed by atoms with Crippen LogP contribution in [0.1, 0.15) is 6.42 Å². The first-order valence-corrected chi connectivity index (χ1v) is 6.50. The highest BCUT2D eigenvalue weighted by Gasteiger charge is 2.03. The van der Waals surface area contributed by atoms with E-state index in [1.165, 1.54) is 0 Å². The molecular weight excluding hydrogens is 278 g/mol. The van der Waals surface area contributed by atoms with E-state index in [0.717, 1.165) is 9.37 Å². The molecule has 0 spiro atoms. The Balaban J connectivity index is 2.50. The minimum Gasteiger partial charge on any atom is -0.254 e. The van der Waals surface area contributed by atoms with Crippen molar-refractivity contribution in [3.63, 3.8) is 0 Å².